The van der Waals surface area contributed by atoms with Crippen molar-refractivity contribution in [3.63, 3.8) is 0 Å². The molecular formula is C25H28FN5O3. The number of anilines is 2. The molecule has 2 aliphatic rings. The van der Waals surface area contributed by atoms with Crippen LogP contribution < -0.4 is 20.3 Å². The fraction of sp³-hybridized carbons (Fsp3) is 0.400. The van der Waals surface area contributed by atoms with Gasteiger partial charge in [-0.2, -0.15) is 4.98 Å². The number of rotatable bonds is 5. The fourth-order valence-electron chi connectivity index (χ4n) is 4.45. The van der Waals surface area contributed by atoms with E-state index in [9.17, 15) is 9.18 Å². The minimum atomic E-state index is -0.335. The summed E-state index contributed by atoms with van der Waals surface area (Å²) >= 11 is 0. The van der Waals surface area contributed by atoms with Gasteiger partial charge in [-0.25, -0.2) is 9.18 Å². The van der Waals surface area contributed by atoms with E-state index in [1.54, 1.807) is 6.20 Å². The van der Waals surface area contributed by atoms with Crippen LogP contribution in [0.2, 0.25) is 0 Å². The van der Waals surface area contributed by atoms with E-state index in [-0.39, 0.29) is 24.0 Å². The maximum Gasteiger partial charge on any atom is 0.319 e. The van der Waals surface area contributed by atoms with E-state index in [1.165, 1.54) is 24.3 Å². The Morgan fingerprint density at radius 2 is 1.85 bits per heavy atom. The van der Waals surface area contributed by atoms with Crippen LogP contribution in [0, 0.1) is 5.82 Å². The summed E-state index contributed by atoms with van der Waals surface area (Å²) in [6.45, 7) is 2.96. The molecule has 1 saturated carbocycles. The first-order chi connectivity index (χ1) is 16.6. The molecule has 1 aliphatic carbocycles. The first-order valence-corrected chi connectivity index (χ1v) is 11.7. The van der Waals surface area contributed by atoms with Crippen molar-refractivity contribution in [1.29, 1.82) is 0 Å². The van der Waals surface area contributed by atoms with Crippen LogP contribution in [0.5, 0.6) is 5.88 Å². The monoisotopic (exact) mass is 465 g/mol. The lowest BCUT2D eigenvalue weighted by molar-refractivity contribution is 0.121. The topological polar surface area (TPSA) is 88.6 Å². The molecule has 2 aromatic heterocycles. The van der Waals surface area contributed by atoms with Crippen LogP contribution >= 0.6 is 0 Å². The number of ether oxygens (including phenoxy) is 2. The molecule has 2 N–H and O–H groups in total. The van der Waals surface area contributed by atoms with Crippen molar-refractivity contribution in [3.8, 4) is 5.88 Å². The lowest BCUT2D eigenvalue weighted by atomic mass is 9.93. The van der Waals surface area contributed by atoms with E-state index >= 15 is 0 Å². The second-order valence-corrected chi connectivity index (χ2v) is 8.65. The lowest BCUT2D eigenvalue weighted by Gasteiger charge is -2.31. The predicted molar refractivity (Wildman–Crippen MR) is 128 cm³/mol. The van der Waals surface area contributed by atoms with Gasteiger partial charge in [0.25, 0.3) is 0 Å². The molecule has 0 bridgehead atoms. The molecule has 0 radical (unpaired) electrons. The fourth-order valence-corrected chi connectivity index (χ4v) is 4.45. The molecule has 0 unspecified atom stereocenters. The third kappa shape index (κ3) is 5.36. The highest BCUT2D eigenvalue weighted by molar-refractivity contribution is 5.89. The summed E-state index contributed by atoms with van der Waals surface area (Å²) < 4.78 is 24.9. The number of benzene rings is 1. The van der Waals surface area contributed by atoms with E-state index in [1.807, 2.05) is 18.2 Å². The van der Waals surface area contributed by atoms with Crippen molar-refractivity contribution in [3.05, 3.63) is 54.5 Å². The Morgan fingerprint density at radius 3 is 2.62 bits per heavy atom. The normalized spacial score (nSPS) is 20.7. The minimum absolute atomic E-state index is 0.0223. The van der Waals surface area contributed by atoms with E-state index in [0.29, 0.717) is 24.8 Å². The van der Waals surface area contributed by atoms with Gasteiger partial charge in [-0.15, -0.1) is 0 Å². The van der Waals surface area contributed by atoms with Gasteiger partial charge in [-0.05, 0) is 62.1 Å². The average Bonchev–Trinajstić information content (AvgIpc) is 2.87. The number of hydrogen-bond acceptors (Lipinski definition) is 6. The number of morpholine rings is 1. The molecule has 0 atom stereocenters. The van der Waals surface area contributed by atoms with Crippen molar-refractivity contribution in [1.82, 2.24) is 15.3 Å². The number of nitrogens with one attached hydrogen (secondary N) is 2. The van der Waals surface area contributed by atoms with Crippen LogP contribution in [0.15, 0.2) is 48.7 Å². The second-order valence-electron chi connectivity index (χ2n) is 8.65. The van der Waals surface area contributed by atoms with Crippen molar-refractivity contribution < 1.29 is 18.7 Å². The van der Waals surface area contributed by atoms with Gasteiger partial charge < -0.3 is 25.0 Å². The van der Waals surface area contributed by atoms with Crippen molar-refractivity contribution in [2.24, 2.45) is 0 Å². The van der Waals surface area contributed by atoms with Gasteiger partial charge in [0.1, 0.15) is 17.7 Å². The molecule has 9 heteroatoms. The van der Waals surface area contributed by atoms with Gasteiger partial charge in [-0.1, -0.05) is 0 Å². The van der Waals surface area contributed by atoms with Gasteiger partial charge in [-0.3, -0.25) is 4.98 Å². The number of pyridine rings is 2. The second kappa shape index (κ2) is 10.2. The van der Waals surface area contributed by atoms with E-state index in [2.05, 4.69) is 20.5 Å². The highest BCUT2D eigenvalue weighted by Crippen LogP contribution is 2.31. The van der Waals surface area contributed by atoms with Crippen LogP contribution in [0.4, 0.5) is 20.7 Å². The smallest absolute Gasteiger partial charge is 0.319 e. The van der Waals surface area contributed by atoms with Gasteiger partial charge >= 0.3 is 6.03 Å². The summed E-state index contributed by atoms with van der Waals surface area (Å²) in [5, 5.41) is 6.65. The van der Waals surface area contributed by atoms with Crippen molar-refractivity contribution in [2.75, 3.05) is 36.5 Å². The van der Waals surface area contributed by atoms with Crippen LogP contribution in [-0.2, 0) is 4.74 Å². The van der Waals surface area contributed by atoms with Gasteiger partial charge in [0.05, 0.1) is 24.1 Å². The largest absolute Gasteiger partial charge is 0.474 e. The molecule has 178 valence electrons. The Bertz CT molecular complexity index is 1130. The highest BCUT2D eigenvalue weighted by Gasteiger charge is 2.25. The summed E-state index contributed by atoms with van der Waals surface area (Å²) in [7, 11) is 0. The van der Waals surface area contributed by atoms with Crippen LogP contribution in [0.3, 0.4) is 0 Å². The minimum Gasteiger partial charge on any atom is -0.474 e. The summed E-state index contributed by atoms with van der Waals surface area (Å²) in [6, 6.07) is 11.4. The molecule has 2 amide bonds. The molecule has 2 fully saturated rings. The SMILES string of the molecule is O=C(Nc1ccc(F)cc1)NC1CCC(Oc2nc(N3CCOCC3)cc3ncccc23)CC1. The molecule has 0 spiro atoms. The summed E-state index contributed by atoms with van der Waals surface area (Å²) in [4.78, 5) is 23.9. The number of aromatic nitrogens is 2. The Labute approximate surface area is 197 Å². The number of halogens is 1. The predicted octanol–water partition coefficient (Wildman–Crippen LogP) is 4.12. The number of amides is 2. The lowest BCUT2D eigenvalue weighted by Crippen LogP contribution is -2.41. The van der Waals surface area contributed by atoms with Crippen LogP contribution in [-0.4, -0.2) is 54.4 Å². The number of fused-ring (bicyclic) bond motifs is 1. The van der Waals surface area contributed by atoms with Crippen LogP contribution in [0.25, 0.3) is 10.9 Å². The van der Waals surface area contributed by atoms with E-state index in [4.69, 9.17) is 14.5 Å². The average molecular weight is 466 g/mol. The molecule has 3 heterocycles. The van der Waals surface area contributed by atoms with Gasteiger partial charge in [0.2, 0.25) is 5.88 Å². The molecule has 8 nitrogen and oxygen atoms in total. The van der Waals surface area contributed by atoms with E-state index in [0.717, 1.165) is 55.5 Å². The number of carbonyl (C=O) groups excluding carboxylic acids is 1. The highest BCUT2D eigenvalue weighted by atomic mass is 19.1. The number of carbonyl (C=O) groups is 1. The number of hydrogen-bond donors (Lipinski definition) is 2. The van der Waals surface area contributed by atoms with Gasteiger partial charge in [0.15, 0.2) is 0 Å². The molecule has 1 aromatic carbocycles. The van der Waals surface area contributed by atoms with E-state index < -0.39 is 0 Å². The Hall–Kier alpha value is -3.46. The third-order valence-corrected chi connectivity index (χ3v) is 6.28. The Balaban J connectivity index is 1.20. The number of urea groups is 1. The standard InChI is InChI=1S/C25H28FN5O3/c26-17-3-5-18(6-4-17)28-25(32)29-19-7-9-20(10-8-19)34-24-21-2-1-11-27-22(21)16-23(30-24)31-12-14-33-15-13-31/h1-6,11,16,19-20H,7-10,12-15H2,(H2,28,29,32). The molecule has 1 aliphatic heterocycles. The summed E-state index contributed by atoms with van der Waals surface area (Å²) in [6.07, 6.45) is 5.04. The Kier molecular flexibility index (Phi) is 6.71. The van der Waals surface area contributed by atoms with Crippen molar-refractivity contribution in [2.45, 2.75) is 37.8 Å². The molecule has 1 saturated heterocycles. The van der Waals surface area contributed by atoms with Crippen molar-refractivity contribution >= 4 is 28.4 Å². The molecular weight excluding hydrogens is 437 g/mol. The van der Waals surface area contributed by atoms with Gasteiger partial charge in [0, 0.05) is 37.1 Å². The number of nitrogens with zero attached hydrogens (tertiary/aromatic N) is 3. The zero-order chi connectivity index (χ0) is 23.3. The quantitative estimate of drug-likeness (QED) is 0.589. The molecule has 5 rings (SSSR count). The van der Waals surface area contributed by atoms with Crippen LogP contribution in [0.1, 0.15) is 25.7 Å². The first-order valence-electron chi connectivity index (χ1n) is 11.7. The summed E-state index contributed by atoms with van der Waals surface area (Å²) in [5.74, 6) is 1.13. The Morgan fingerprint density at radius 1 is 1.09 bits per heavy atom. The maximum atomic E-state index is 13.0. The zero-order valence-electron chi connectivity index (χ0n) is 18.9. The molecule has 34 heavy (non-hydrogen) atoms. The maximum absolute atomic E-state index is 13.0. The first kappa shape index (κ1) is 22.3. The third-order valence-electron chi connectivity index (χ3n) is 6.28. The molecule has 3 aromatic rings. The zero-order valence-corrected chi connectivity index (χ0v) is 18.9. The summed E-state index contributed by atoms with van der Waals surface area (Å²) in [5.41, 5.74) is 1.42.